The predicted octanol–water partition coefficient (Wildman–Crippen LogP) is 6.71. The molecule has 0 atom stereocenters. The zero-order chi connectivity index (χ0) is 26.3. The van der Waals surface area contributed by atoms with Crippen molar-refractivity contribution >= 4 is 46.0 Å². The van der Waals surface area contributed by atoms with Crippen LogP contribution in [0, 0.1) is 6.92 Å². The second kappa shape index (κ2) is 9.72. The van der Waals surface area contributed by atoms with Crippen LogP contribution in [0.4, 0.5) is 40.9 Å². The highest BCUT2D eigenvalue weighted by Gasteiger charge is 2.40. The second-order valence-electron chi connectivity index (χ2n) is 7.15. The summed E-state index contributed by atoms with van der Waals surface area (Å²) in [6.07, 6.45) is -13.7. The molecule has 16 heteroatoms. The molecule has 0 saturated heterocycles. The van der Waals surface area contributed by atoms with E-state index in [-0.39, 0.29) is 30.0 Å². The Labute approximate surface area is 201 Å². The Hall–Kier alpha value is -2.74. The SMILES string of the molecule is Cc1cc(C(F)(F)F)cc(Cl)c1-n1nc2nc(C(F)F)nc(C(F)(F)F)c2c1NC(=O)CCCCl. The third kappa shape index (κ3) is 5.58. The van der Waals surface area contributed by atoms with Gasteiger partial charge >= 0.3 is 12.4 Å². The van der Waals surface area contributed by atoms with E-state index in [1.807, 2.05) is 0 Å². The van der Waals surface area contributed by atoms with Crippen molar-refractivity contribution in [3.63, 3.8) is 0 Å². The fourth-order valence-corrected chi connectivity index (χ4v) is 3.66. The number of carbonyl (C=O) groups is 1. The van der Waals surface area contributed by atoms with Gasteiger partial charge in [0.15, 0.2) is 17.2 Å². The first-order valence-corrected chi connectivity index (χ1v) is 10.5. The van der Waals surface area contributed by atoms with Crippen molar-refractivity contribution < 1.29 is 39.9 Å². The summed E-state index contributed by atoms with van der Waals surface area (Å²) in [5.41, 5.74) is -4.38. The van der Waals surface area contributed by atoms with Crippen LogP contribution in [0.15, 0.2) is 12.1 Å². The van der Waals surface area contributed by atoms with Gasteiger partial charge in [-0.25, -0.2) is 23.4 Å². The smallest absolute Gasteiger partial charge is 0.310 e. The molecule has 2 aromatic heterocycles. The molecule has 0 radical (unpaired) electrons. The quantitative estimate of drug-likeness (QED) is 0.274. The Morgan fingerprint density at radius 3 is 2.29 bits per heavy atom. The Morgan fingerprint density at radius 1 is 1.11 bits per heavy atom. The summed E-state index contributed by atoms with van der Waals surface area (Å²) >= 11 is 11.6. The van der Waals surface area contributed by atoms with Crippen molar-refractivity contribution in [3.05, 3.63) is 39.8 Å². The molecule has 1 N–H and O–H groups in total. The van der Waals surface area contributed by atoms with Crippen molar-refractivity contribution in [3.8, 4) is 5.69 Å². The molecular formula is C19H13Cl2F8N5O. The van der Waals surface area contributed by atoms with Crippen molar-refractivity contribution in [2.45, 2.75) is 38.5 Å². The number of amides is 1. The molecule has 0 spiro atoms. The third-order valence-electron chi connectivity index (χ3n) is 4.60. The van der Waals surface area contributed by atoms with Crippen LogP contribution in [0.1, 0.15) is 41.9 Å². The number of nitrogens with one attached hydrogen (secondary N) is 1. The molecule has 190 valence electrons. The summed E-state index contributed by atoms with van der Waals surface area (Å²) in [6, 6.07) is 1.17. The first-order valence-electron chi connectivity index (χ1n) is 9.54. The Balaban J connectivity index is 2.39. The van der Waals surface area contributed by atoms with E-state index in [0.29, 0.717) is 16.8 Å². The molecule has 0 aliphatic heterocycles. The van der Waals surface area contributed by atoms with Crippen LogP contribution in [0.5, 0.6) is 0 Å². The molecule has 3 rings (SSSR count). The van der Waals surface area contributed by atoms with Gasteiger partial charge in [-0.3, -0.25) is 4.79 Å². The van der Waals surface area contributed by atoms with E-state index in [4.69, 9.17) is 23.2 Å². The molecule has 0 aliphatic carbocycles. The number of rotatable bonds is 6. The molecule has 6 nitrogen and oxygen atoms in total. The molecule has 3 aromatic rings. The minimum atomic E-state index is -5.28. The van der Waals surface area contributed by atoms with Crippen molar-refractivity contribution in [1.82, 2.24) is 19.7 Å². The fourth-order valence-electron chi connectivity index (χ4n) is 3.18. The van der Waals surface area contributed by atoms with Gasteiger partial charge in [0.25, 0.3) is 6.43 Å². The van der Waals surface area contributed by atoms with Crippen LogP contribution < -0.4 is 5.32 Å². The number of fused-ring (bicyclic) bond motifs is 1. The van der Waals surface area contributed by atoms with Crippen LogP contribution in [-0.4, -0.2) is 31.5 Å². The van der Waals surface area contributed by atoms with Gasteiger partial charge in [0.2, 0.25) is 5.91 Å². The largest absolute Gasteiger partial charge is 0.434 e. The van der Waals surface area contributed by atoms with Crippen molar-refractivity contribution in [2.75, 3.05) is 11.2 Å². The number of aromatic nitrogens is 4. The van der Waals surface area contributed by atoms with Gasteiger partial charge in [0.05, 0.1) is 21.7 Å². The normalized spacial score (nSPS) is 12.6. The average Bonchev–Trinajstić information content (AvgIpc) is 3.07. The maximum Gasteiger partial charge on any atom is 0.434 e. The first-order chi connectivity index (χ1) is 16.1. The van der Waals surface area contributed by atoms with Crippen LogP contribution in [0.2, 0.25) is 5.02 Å². The standard InChI is InChI=1S/C19H13Cl2F8N5O/c1-7-5-8(18(24,25)26)6-9(21)12(7)34-17(30-10(35)3-2-4-20)11-13(19(27,28)29)31-16(14(22)23)32-15(11)33-34/h5-6,14H,2-4H2,1H3,(H,30,35). The number of nitrogens with zero attached hydrogens (tertiary/aromatic N) is 4. The molecule has 2 heterocycles. The highest BCUT2D eigenvalue weighted by atomic mass is 35.5. The van der Waals surface area contributed by atoms with Gasteiger partial charge in [-0.2, -0.15) is 26.3 Å². The second-order valence-corrected chi connectivity index (χ2v) is 7.94. The molecule has 1 aromatic carbocycles. The molecule has 0 aliphatic rings. The monoisotopic (exact) mass is 549 g/mol. The van der Waals surface area contributed by atoms with Gasteiger partial charge in [-0.05, 0) is 31.0 Å². The van der Waals surface area contributed by atoms with Crippen LogP contribution in [0.3, 0.4) is 0 Å². The predicted molar refractivity (Wildman–Crippen MR) is 110 cm³/mol. The van der Waals surface area contributed by atoms with Crippen LogP contribution >= 0.6 is 23.2 Å². The fraction of sp³-hybridized carbons (Fsp3) is 0.368. The zero-order valence-electron chi connectivity index (χ0n) is 17.3. The number of hydrogen-bond donors (Lipinski definition) is 1. The number of aryl methyl sites for hydroxylation is 1. The molecule has 1 amide bonds. The summed E-state index contributed by atoms with van der Waals surface area (Å²) < 4.78 is 108. The van der Waals surface area contributed by atoms with Crippen molar-refractivity contribution in [2.24, 2.45) is 0 Å². The summed E-state index contributed by atoms with van der Waals surface area (Å²) in [7, 11) is 0. The third-order valence-corrected chi connectivity index (χ3v) is 5.16. The number of halogens is 10. The lowest BCUT2D eigenvalue weighted by atomic mass is 10.1. The molecular weight excluding hydrogens is 537 g/mol. The van der Waals surface area contributed by atoms with Gasteiger partial charge in [0, 0.05) is 12.3 Å². The molecule has 0 bridgehead atoms. The van der Waals surface area contributed by atoms with E-state index in [9.17, 15) is 39.9 Å². The summed E-state index contributed by atoms with van der Waals surface area (Å²) in [4.78, 5) is 18.6. The maximum absolute atomic E-state index is 13.8. The van der Waals surface area contributed by atoms with E-state index in [0.717, 1.165) is 0 Å². The first kappa shape index (κ1) is 26.9. The summed E-state index contributed by atoms with van der Waals surface area (Å²) in [5, 5.41) is 4.42. The molecule has 35 heavy (non-hydrogen) atoms. The lowest BCUT2D eigenvalue weighted by Crippen LogP contribution is -2.17. The Bertz CT molecular complexity index is 1250. The van der Waals surface area contributed by atoms with E-state index in [1.165, 1.54) is 6.92 Å². The number of carbonyl (C=O) groups excluding carboxylic acids is 1. The highest BCUT2D eigenvalue weighted by molar-refractivity contribution is 6.32. The van der Waals surface area contributed by atoms with E-state index < -0.39 is 63.6 Å². The topological polar surface area (TPSA) is 72.7 Å². The zero-order valence-corrected chi connectivity index (χ0v) is 18.8. The number of anilines is 1. The Morgan fingerprint density at radius 2 is 1.77 bits per heavy atom. The summed E-state index contributed by atoms with van der Waals surface area (Å²) in [5.74, 6) is -2.98. The van der Waals surface area contributed by atoms with Gasteiger partial charge in [-0.1, -0.05) is 11.6 Å². The van der Waals surface area contributed by atoms with Crippen molar-refractivity contribution in [1.29, 1.82) is 0 Å². The van der Waals surface area contributed by atoms with E-state index in [1.54, 1.807) is 0 Å². The Kier molecular flexibility index (Phi) is 7.46. The maximum atomic E-state index is 13.8. The lowest BCUT2D eigenvalue weighted by molar-refractivity contribution is -0.140. The molecule has 0 unspecified atom stereocenters. The minimum absolute atomic E-state index is 0.0476. The van der Waals surface area contributed by atoms with Gasteiger partial charge < -0.3 is 5.32 Å². The van der Waals surface area contributed by atoms with Crippen LogP contribution in [-0.2, 0) is 17.1 Å². The van der Waals surface area contributed by atoms with Crippen LogP contribution in [0.25, 0.3) is 16.7 Å². The number of hydrogen-bond acceptors (Lipinski definition) is 4. The lowest BCUT2D eigenvalue weighted by Gasteiger charge is -2.16. The average molecular weight is 550 g/mol. The minimum Gasteiger partial charge on any atom is -0.310 e. The van der Waals surface area contributed by atoms with E-state index >= 15 is 0 Å². The molecule has 0 saturated carbocycles. The van der Waals surface area contributed by atoms with Gasteiger partial charge in [-0.15, -0.1) is 16.7 Å². The highest BCUT2D eigenvalue weighted by Crippen LogP contribution is 2.41. The number of benzene rings is 1. The van der Waals surface area contributed by atoms with Gasteiger partial charge in [0.1, 0.15) is 5.82 Å². The number of alkyl halides is 9. The molecule has 0 fully saturated rings. The summed E-state index contributed by atoms with van der Waals surface area (Å²) in [6.45, 7) is 1.17. The van der Waals surface area contributed by atoms with E-state index in [2.05, 4.69) is 20.4 Å².